The molecule has 0 spiro atoms. The van der Waals surface area contributed by atoms with E-state index in [1.165, 1.54) is 30.8 Å². The highest BCUT2D eigenvalue weighted by Gasteiger charge is 2.32. The van der Waals surface area contributed by atoms with Gasteiger partial charge in [0.25, 0.3) is 5.56 Å². The van der Waals surface area contributed by atoms with Crippen molar-refractivity contribution in [3.63, 3.8) is 0 Å². The molecule has 0 radical (unpaired) electrons. The molecule has 0 saturated heterocycles. The summed E-state index contributed by atoms with van der Waals surface area (Å²) in [6.07, 6.45) is -3.21. The van der Waals surface area contributed by atoms with Gasteiger partial charge in [0, 0.05) is 30.3 Å². The fraction of sp³-hybridized carbons (Fsp3) is 0.235. The number of nitrogens with zero attached hydrogens (tertiary/aromatic N) is 3. The first-order valence-electron chi connectivity index (χ1n) is 7.83. The molecule has 0 saturated carbocycles. The molecule has 6 nitrogen and oxygen atoms in total. The van der Waals surface area contributed by atoms with Crippen LogP contribution in [0.1, 0.15) is 24.1 Å². The Bertz CT molecular complexity index is 1080. The molecule has 27 heavy (non-hydrogen) atoms. The highest BCUT2D eigenvalue weighted by molar-refractivity contribution is 5.74. The third-order valence-electron chi connectivity index (χ3n) is 4.12. The van der Waals surface area contributed by atoms with Crippen molar-refractivity contribution in [1.29, 1.82) is 0 Å². The average Bonchev–Trinajstić information content (AvgIpc) is 2.59. The maximum absolute atomic E-state index is 14.3. The summed E-state index contributed by atoms with van der Waals surface area (Å²) in [5.74, 6) is -0.914. The van der Waals surface area contributed by atoms with Crippen molar-refractivity contribution in [1.82, 2.24) is 14.5 Å². The molecule has 2 aromatic heterocycles. The minimum absolute atomic E-state index is 0.0339. The first-order valence-corrected chi connectivity index (χ1v) is 7.83. The predicted molar refractivity (Wildman–Crippen MR) is 92.6 cm³/mol. The molecule has 2 heterocycles. The molecule has 142 valence electrons. The molecular formula is C17H15F4N5O. The van der Waals surface area contributed by atoms with Crippen molar-refractivity contribution in [3.05, 3.63) is 57.8 Å². The monoisotopic (exact) mass is 381 g/mol. The van der Waals surface area contributed by atoms with Crippen molar-refractivity contribution < 1.29 is 17.6 Å². The lowest BCUT2D eigenvalue weighted by Gasteiger charge is -2.18. The predicted octanol–water partition coefficient (Wildman–Crippen LogP) is 3.24. The maximum Gasteiger partial charge on any atom is 0.416 e. The molecule has 10 heteroatoms. The molecule has 0 aliphatic heterocycles. The minimum atomic E-state index is -4.66. The van der Waals surface area contributed by atoms with E-state index in [0.717, 1.165) is 0 Å². The van der Waals surface area contributed by atoms with Gasteiger partial charge in [-0.2, -0.15) is 18.2 Å². The van der Waals surface area contributed by atoms with Gasteiger partial charge in [0.1, 0.15) is 5.65 Å². The number of nitrogens with one attached hydrogen (secondary N) is 1. The molecule has 0 amide bonds. The number of rotatable bonds is 3. The highest BCUT2D eigenvalue weighted by Crippen LogP contribution is 2.35. The molecule has 0 fully saturated rings. The molecule has 1 aromatic carbocycles. The van der Waals surface area contributed by atoms with Crippen molar-refractivity contribution in [2.24, 2.45) is 7.05 Å². The zero-order valence-electron chi connectivity index (χ0n) is 14.3. The van der Waals surface area contributed by atoms with E-state index < -0.39 is 29.3 Å². The van der Waals surface area contributed by atoms with E-state index in [9.17, 15) is 22.4 Å². The van der Waals surface area contributed by atoms with Gasteiger partial charge in [-0.05, 0) is 25.1 Å². The highest BCUT2D eigenvalue weighted by atomic mass is 19.4. The van der Waals surface area contributed by atoms with Crippen LogP contribution in [0.25, 0.3) is 11.0 Å². The van der Waals surface area contributed by atoms with Crippen LogP contribution >= 0.6 is 0 Å². The first-order chi connectivity index (χ1) is 12.6. The van der Waals surface area contributed by atoms with Crippen LogP contribution in [0.2, 0.25) is 0 Å². The fourth-order valence-electron chi connectivity index (χ4n) is 2.64. The molecule has 0 aliphatic rings. The van der Waals surface area contributed by atoms with Crippen LogP contribution in [0.5, 0.6) is 0 Å². The average molecular weight is 381 g/mol. The van der Waals surface area contributed by atoms with E-state index in [-0.39, 0.29) is 17.1 Å². The number of halogens is 4. The standard InChI is InChI=1S/C17H15F4N5O/c1-8(11-5-10(17(19,20)21)6-12(22)14(11)18)24-16-23-7-9-3-4-13(27)26(2)15(9)25-16/h3-8H,22H2,1-2H3,(H,23,24,25)/t8-/m1/s1. The normalized spacial score (nSPS) is 13.0. The summed E-state index contributed by atoms with van der Waals surface area (Å²) in [6, 6.07) is 3.25. The number of nitrogen functional groups attached to an aromatic ring is 1. The van der Waals surface area contributed by atoms with Crippen LogP contribution in [-0.4, -0.2) is 14.5 Å². The van der Waals surface area contributed by atoms with Crippen LogP contribution in [0.3, 0.4) is 0 Å². The number of fused-ring (bicyclic) bond motifs is 1. The summed E-state index contributed by atoms with van der Waals surface area (Å²) in [7, 11) is 1.53. The van der Waals surface area contributed by atoms with E-state index in [2.05, 4.69) is 15.3 Å². The molecule has 3 rings (SSSR count). The Morgan fingerprint density at radius 3 is 2.63 bits per heavy atom. The second-order valence-electron chi connectivity index (χ2n) is 6.04. The fourth-order valence-corrected chi connectivity index (χ4v) is 2.64. The van der Waals surface area contributed by atoms with Gasteiger partial charge in [-0.15, -0.1) is 0 Å². The Kier molecular flexibility index (Phi) is 4.50. The number of pyridine rings is 1. The Labute approximate surface area is 150 Å². The summed E-state index contributed by atoms with van der Waals surface area (Å²) >= 11 is 0. The van der Waals surface area contributed by atoms with Gasteiger partial charge in [-0.25, -0.2) is 9.37 Å². The third-order valence-corrected chi connectivity index (χ3v) is 4.12. The first kappa shape index (κ1) is 18.6. The minimum Gasteiger partial charge on any atom is -0.396 e. The lowest BCUT2D eigenvalue weighted by atomic mass is 10.0. The van der Waals surface area contributed by atoms with Gasteiger partial charge in [0.2, 0.25) is 5.95 Å². The van der Waals surface area contributed by atoms with E-state index in [1.807, 2.05) is 0 Å². The molecular weight excluding hydrogens is 366 g/mol. The summed E-state index contributed by atoms with van der Waals surface area (Å²) < 4.78 is 54.5. The van der Waals surface area contributed by atoms with Gasteiger partial charge in [0.15, 0.2) is 5.82 Å². The zero-order chi connectivity index (χ0) is 19.9. The number of hydrogen-bond donors (Lipinski definition) is 2. The van der Waals surface area contributed by atoms with Gasteiger partial charge in [0.05, 0.1) is 17.3 Å². The van der Waals surface area contributed by atoms with Crippen molar-refractivity contribution in [2.75, 3.05) is 11.1 Å². The summed E-state index contributed by atoms with van der Waals surface area (Å²) in [6.45, 7) is 1.45. The van der Waals surface area contributed by atoms with Crippen LogP contribution < -0.4 is 16.6 Å². The smallest absolute Gasteiger partial charge is 0.396 e. The number of aryl methyl sites for hydroxylation is 1. The van der Waals surface area contributed by atoms with E-state index >= 15 is 0 Å². The van der Waals surface area contributed by atoms with Crippen LogP contribution in [0.15, 0.2) is 35.3 Å². The van der Waals surface area contributed by atoms with E-state index in [0.29, 0.717) is 23.2 Å². The Balaban J connectivity index is 1.99. The SMILES string of the molecule is C[C@@H](Nc1ncc2ccc(=O)n(C)c2n1)c1cc(C(F)(F)F)cc(N)c1F. The summed E-state index contributed by atoms with van der Waals surface area (Å²) in [5.41, 5.74) is 3.52. The number of aromatic nitrogens is 3. The number of benzene rings is 1. The van der Waals surface area contributed by atoms with Gasteiger partial charge >= 0.3 is 6.18 Å². The van der Waals surface area contributed by atoms with Crippen molar-refractivity contribution in [3.8, 4) is 0 Å². The second-order valence-corrected chi connectivity index (χ2v) is 6.04. The number of alkyl halides is 3. The second kappa shape index (κ2) is 6.53. The van der Waals surface area contributed by atoms with Crippen LogP contribution in [-0.2, 0) is 13.2 Å². The largest absolute Gasteiger partial charge is 0.416 e. The molecule has 3 N–H and O–H groups in total. The summed E-state index contributed by atoms with van der Waals surface area (Å²) in [4.78, 5) is 20.0. The maximum atomic E-state index is 14.3. The molecule has 0 unspecified atom stereocenters. The van der Waals surface area contributed by atoms with E-state index in [4.69, 9.17) is 5.73 Å². The zero-order valence-corrected chi connectivity index (χ0v) is 14.3. The lowest BCUT2D eigenvalue weighted by molar-refractivity contribution is -0.137. The molecule has 1 atom stereocenters. The number of anilines is 2. The van der Waals surface area contributed by atoms with Crippen molar-refractivity contribution in [2.45, 2.75) is 19.1 Å². The quantitative estimate of drug-likeness (QED) is 0.537. The van der Waals surface area contributed by atoms with Gasteiger partial charge in [-0.1, -0.05) is 0 Å². The summed E-state index contributed by atoms with van der Waals surface area (Å²) in [5, 5.41) is 3.34. The van der Waals surface area contributed by atoms with Crippen molar-refractivity contribution >= 4 is 22.7 Å². The van der Waals surface area contributed by atoms with Crippen LogP contribution in [0, 0.1) is 5.82 Å². The van der Waals surface area contributed by atoms with E-state index in [1.54, 1.807) is 6.07 Å². The Hall–Kier alpha value is -3.17. The lowest BCUT2D eigenvalue weighted by Crippen LogP contribution is -2.18. The molecule has 0 aliphatic carbocycles. The third kappa shape index (κ3) is 3.55. The topological polar surface area (TPSA) is 85.8 Å². The van der Waals surface area contributed by atoms with Gasteiger partial charge in [-0.3, -0.25) is 9.36 Å². The Morgan fingerprint density at radius 1 is 1.26 bits per heavy atom. The Morgan fingerprint density at radius 2 is 1.96 bits per heavy atom. The number of nitrogens with two attached hydrogens (primary N) is 1. The van der Waals surface area contributed by atoms with Gasteiger partial charge < -0.3 is 11.1 Å². The van der Waals surface area contributed by atoms with Crippen LogP contribution in [0.4, 0.5) is 29.2 Å². The molecule has 3 aromatic rings. The molecule has 0 bridgehead atoms. The number of hydrogen-bond acceptors (Lipinski definition) is 5.